The predicted molar refractivity (Wildman–Crippen MR) is 45.9 cm³/mol. The minimum absolute atomic E-state index is 0.766. The summed E-state index contributed by atoms with van der Waals surface area (Å²) in [5.74, 6) is 1.72. The molecule has 0 N–H and O–H groups in total. The average molecular weight is 138 g/mol. The zero-order chi connectivity index (χ0) is 7.56. The molecule has 1 atom stereocenters. The van der Waals surface area contributed by atoms with Gasteiger partial charge >= 0.3 is 0 Å². The fourth-order valence-electron chi connectivity index (χ4n) is 1.86. The topological polar surface area (TPSA) is 0 Å². The third-order valence-corrected chi connectivity index (χ3v) is 2.88. The Balaban J connectivity index is 2.39. The van der Waals surface area contributed by atoms with E-state index >= 15 is 0 Å². The molecule has 0 aromatic heterocycles. The van der Waals surface area contributed by atoms with Gasteiger partial charge in [-0.2, -0.15) is 0 Å². The Morgan fingerprint density at radius 2 is 1.90 bits per heavy atom. The van der Waals surface area contributed by atoms with Gasteiger partial charge in [0.25, 0.3) is 0 Å². The summed E-state index contributed by atoms with van der Waals surface area (Å²) in [5.41, 5.74) is 1.37. The molecule has 0 aromatic carbocycles. The van der Waals surface area contributed by atoms with E-state index in [1.54, 1.807) is 0 Å². The monoisotopic (exact) mass is 138 g/mol. The third kappa shape index (κ3) is 1.62. The van der Waals surface area contributed by atoms with Crippen LogP contribution in [0.4, 0.5) is 0 Å². The fraction of sp³-hybridized carbons (Fsp3) is 0.800. The zero-order valence-electron chi connectivity index (χ0n) is 7.19. The minimum Gasteiger partial charge on any atom is -0.0999 e. The summed E-state index contributed by atoms with van der Waals surface area (Å²) in [6.45, 7) is 8.47. The van der Waals surface area contributed by atoms with Crippen LogP contribution >= 0.6 is 0 Å². The maximum absolute atomic E-state index is 4.00. The molecule has 10 heavy (non-hydrogen) atoms. The van der Waals surface area contributed by atoms with E-state index in [0.29, 0.717) is 0 Å². The summed E-state index contributed by atoms with van der Waals surface area (Å²) >= 11 is 0. The maximum atomic E-state index is 4.00. The highest BCUT2D eigenvalue weighted by Crippen LogP contribution is 2.33. The Bertz CT molecular complexity index is 118. The van der Waals surface area contributed by atoms with Crippen LogP contribution in [0, 0.1) is 11.8 Å². The van der Waals surface area contributed by atoms with Gasteiger partial charge in [0.2, 0.25) is 0 Å². The molecule has 0 bridgehead atoms. The predicted octanol–water partition coefficient (Wildman–Crippen LogP) is 3.39. The van der Waals surface area contributed by atoms with E-state index in [0.717, 1.165) is 11.8 Å². The fourth-order valence-corrected chi connectivity index (χ4v) is 1.86. The highest BCUT2D eigenvalue weighted by molar-refractivity contribution is 4.97. The molecule has 58 valence electrons. The van der Waals surface area contributed by atoms with Gasteiger partial charge in [0.05, 0.1) is 0 Å². The van der Waals surface area contributed by atoms with Crippen molar-refractivity contribution in [2.75, 3.05) is 0 Å². The Morgan fingerprint density at radius 1 is 1.40 bits per heavy atom. The highest BCUT2D eigenvalue weighted by atomic mass is 14.3. The molecule has 1 rings (SSSR count). The van der Waals surface area contributed by atoms with E-state index in [4.69, 9.17) is 0 Å². The van der Waals surface area contributed by atoms with E-state index in [1.165, 1.54) is 31.3 Å². The zero-order valence-corrected chi connectivity index (χ0v) is 7.19. The molecule has 0 aliphatic heterocycles. The first-order valence-electron chi connectivity index (χ1n) is 4.37. The van der Waals surface area contributed by atoms with E-state index in [2.05, 4.69) is 20.4 Å². The van der Waals surface area contributed by atoms with Crippen molar-refractivity contribution in [3.63, 3.8) is 0 Å². The van der Waals surface area contributed by atoms with Crippen molar-refractivity contribution in [1.82, 2.24) is 0 Å². The Hall–Kier alpha value is -0.260. The molecule has 0 heteroatoms. The van der Waals surface area contributed by atoms with E-state index in [-0.39, 0.29) is 0 Å². The number of hydrogen-bond donors (Lipinski definition) is 0. The van der Waals surface area contributed by atoms with Crippen LogP contribution in [0.2, 0.25) is 0 Å². The lowest BCUT2D eigenvalue weighted by Crippen LogP contribution is -2.07. The largest absolute Gasteiger partial charge is 0.0999 e. The molecule has 1 fully saturated rings. The summed E-state index contributed by atoms with van der Waals surface area (Å²) in [7, 11) is 0. The third-order valence-electron chi connectivity index (χ3n) is 2.88. The summed E-state index contributed by atoms with van der Waals surface area (Å²) in [4.78, 5) is 0. The maximum Gasteiger partial charge on any atom is -0.0209 e. The van der Waals surface area contributed by atoms with Crippen molar-refractivity contribution in [3.05, 3.63) is 12.2 Å². The van der Waals surface area contributed by atoms with E-state index in [9.17, 15) is 0 Å². The SMILES string of the molecule is C=C(C)C(C)C1CCCC1. The second kappa shape index (κ2) is 3.23. The molecule has 0 spiro atoms. The number of rotatable bonds is 2. The molecular formula is C10H18. The summed E-state index contributed by atoms with van der Waals surface area (Å²) in [6.07, 6.45) is 5.77. The van der Waals surface area contributed by atoms with E-state index in [1.807, 2.05) is 0 Å². The van der Waals surface area contributed by atoms with Crippen molar-refractivity contribution in [3.8, 4) is 0 Å². The van der Waals surface area contributed by atoms with Crippen LogP contribution in [0.5, 0.6) is 0 Å². The Kier molecular flexibility index (Phi) is 2.53. The van der Waals surface area contributed by atoms with Crippen molar-refractivity contribution in [1.29, 1.82) is 0 Å². The number of allylic oxidation sites excluding steroid dienone is 1. The van der Waals surface area contributed by atoms with Crippen LogP contribution in [0.1, 0.15) is 39.5 Å². The molecule has 1 saturated carbocycles. The quantitative estimate of drug-likeness (QED) is 0.513. The van der Waals surface area contributed by atoms with Gasteiger partial charge in [-0.1, -0.05) is 31.9 Å². The average Bonchev–Trinajstić information content (AvgIpc) is 2.36. The highest BCUT2D eigenvalue weighted by Gasteiger charge is 2.21. The van der Waals surface area contributed by atoms with Gasteiger partial charge in [-0.15, -0.1) is 0 Å². The first kappa shape index (κ1) is 7.84. The van der Waals surface area contributed by atoms with Crippen LogP contribution in [-0.2, 0) is 0 Å². The molecule has 0 nitrogen and oxygen atoms in total. The summed E-state index contributed by atoms with van der Waals surface area (Å²) < 4.78 is 0. The number of hydrogen-bond acceptors (Lipinski definition) is 0. The Morgan fingerprint density at radius 3 is 2.30 bits per heavy atom. The van der Waals surface area contributed by atoms with Crippen LogP contribution in [0.3, 0.4) is 0 Å². The van der Waals surface area contributed by atoms with Crippen LogP contribution in [-0.4, -0.2) is 0 Å². The smallest absolute Gasteiger partial charge is 0.0209 e. The van der Waals surface area contributed by atoms with Gasteiger partial charge < -0.3 is 0 Å². The van der Waals surface area contributed by atoms with Gasteiger partial charge in [-0.3, -0.25) is 0 Å². The molecular weight excluding hydrogens is 120 g/mol. The minimum atomic E-state index is 0.766. The summed E-state index contributed by atoms with van der Waals surface area (Å²) in [6, 6.07) is 0. The molecule has 0 saturated heterocycles. The van der Waals surface area contributed by atoms with Crippen molar-refractivity contribution < 1.29 is 0 Å². The first-order chi connectivity index (χ1) is 4.72. The van der Waals surface area contributed by atoms with Gasteiger partial charge in [-0.25, -0.2) is 0 Å². The molecule has 0 radical (unpaired) electrons. The molecule has 0 aromatic rings. The Labute approximate surface area is 64.3 Å². The lowest BCUT2D eigenvalue weighted by atomic mass is 9.88. The van der Waals surface area contributed by atoms with Crippen molar-refractivity contribution >= 4 is 0 Å². The molecule has 1 aliphatic carbocycles. The second-order valence-electron chi connectivity index (χ2n) is 3.68. The van der Waals surface area contributed by atoms with Gasteiger partial charge in [0.15, 0.2) is 0 Å². The summed E-state index contributed by atoms with van der Waals surface area (Å²) in [5, 5.41) is 0. The van der Waals surface area contributed by atoms with Gasteiger partial charge in [0, 0.05) is 0 Å². The molecule has 0 amide bonds. The van der Waals surface area contributed by atoms with Gasteiger partial charge in [-0.05, 0) is 31.6 Å². The lowest BCUT2D eigenvalue weighted by molar-refractivity contribution is 0.416. The van der Waals surface area contributed by atoms with Crippen molar-refractivity contribution in [2.24, 2.45) is 11.8 Å². The second-order valence-corrected chi connectivity index (χ2v) is 3.68. The standard InChI is InChI=1S/C10H18/c1-8(2)9(3)10-6-4-5-7-10/h9-10H,1,4-7H2,2-3H3. The van der Waals surface area contributed by atoms with Crippen molar-refractivity contribution in [2.45, 2.75) is 39.5 Å². The molecule has 0 heterocycles. The van der Waals surface area contributed by atoms with Crippen LogP contribution in [0.15, 0.2) is 12.2 Å². The van der Waals surface area contributed by atoms with Crippen LogP contribution < -0.4 is 0 Å². The molecule has 1 unspecified atom stereocenters. The normalized spacial score (nSPS) is 23.0. The molecule has 1 aliphatic rings. The van der Waals surface area contributed by atoms with E-state index < -0.39 is 0 Å². The lowest BCUT2D eigenvalue weighted by Gasteiger charge is -2.18. The van der Waals surface area contributed by atoms with Crippen LogP contribution in [0.25, 0.3) is 0 Å². The van der Waals surface area contributed by atoms with Gasteiger partial charge in [0.1, 0.15) is 0 Å². The first-order valence-corrected chi connectivity index (χ1v) is 4.37.